The summed E-state index contributed by atoms with van der Waals surface area (Å²) in [5, 5.41) is 3.28. The Bertz CT molecular complexity index is 523. The third-order valence-electron chi connectivity index (χ3n) is 2.95. The van der Waals surface area contributed by atoms with E-state index in [1.165, 1.54) is 5.56 Å². The summed E-state index contributed by atoms with van der Waals surface area (Å²) in [4.78, 5) is 0.590. The molecule has 0 aliphatic heterocycles. The first-order chi connectivity index (χ1) is 9.69. The molecule has 2 aromatic rings. The maximum Gasteiger partial charge on any atom is 0.288 e. The molecular formula is C16H17F2NS. The Hall–Kier alpha value is -1.39. The summed E-state index contributed by atoms with van der Waals surface area (Å²) in [7, 11) is 0. The van der Waals surface area contributed by atoms with Gasteiger partial charge in [-0.3, -0.25) is 0 Å². The summed E-state index contributed by atoms with van der Waals surface area (Å²) in [6, 6.07) is 15.5. The average molecular weight is 293 g/mol. The summed E-state index contributed by atoms with van der Waals surface area (Å²) < 4.78 is 24.5. The molecule has 1 nitrogen and oxygen atoms in total. The van der Waals surface area contributed by atoms with Crippen LogP contribution in [0.4, 0.5) is 8.78 Å². The monoisotopic (exact) mass is 293 g/mol. The lowest BCUT2D eigenvalue weighted by molar-refractivity contribution is 0.252. The fraction of sp³-hybridized carbons (Fsp3) is 0.250. The van der Waals surface area contributed by atoms with Gasteiger partial charge in [0.05, 0.1) is 0 Å². The zero-order chi connectivity index (χ0) is 14.4. The fourth-order valence-electron chi connectivity index (χ4n) is 1.91. The number of rotatable bonds is 6. The molecule has 0 aromatic heterocycles. The van der Waals surface area contributed by atoms with Gasteiger partial charge in [-0.25, -0.2) is 0 Å². The van der Waals surface area contributed by atoms with Crippen molar-refractivity contribution in [3.05, 3.63) is 54.1 Å². The van der Waals surface area contributed by atoms with Gasteiger partial charge in [-0.05, 0) is 35.4 Å². The van der Waals surface area contributed by atoms with E-state index in [-0.39, 0.29) is 0 Å². The van der Waals surface area contributed by atoms with Gasteiger partial charge in [-0.15, -0.1) is 0 Å². The van der Waals surface area contributed by atoms with Crippen LogP contribution >= 0.6 is 11.8 Å². The molecule has 2 rings (SSSR count). The summed E-state index contributed by atoms with van der Waals surface area (Å²) >= 11 is 0.572. The smallest absolute Gasteiger partial charge is 0.288 e. The quantitative estimate of drug-likeness (QED) is 0.769. The van der Waals surface area contributed by atoms with E-state index in [2.05, 4.69) is 36.5 Å². The summed E-state index contributed by atoms with van der Waals surface area (Å²) in [5.41, 5.74) is 3.37. The number of hydrogen-bond donors (Lipinski definition) is 1. The van der Waals surface area contributed by atoms with Gasteiger partial charge in [0.15, 0.2) is 0 Å². The van der Waals surface area contributed by atoms with E-state index < -0.39 is 5.76 Å². The topological polar surface area (TPSA) is 12.0 Å². The number of nitrogens with one attached hydrogen (secondary N) is 1. The van der Waals surface area contributed by atoms with Gasteiger partial charge in [-0.2, -0.15) is 8.78 Å². The lowest BCUT2D eigenvalue weighted by Gasteiger charge is -2.06. The molecule has 0 atom stereocenters. The lowest BCUT2D eigenvalue weighted by atomic mass is 10.0. The molecule has 0 aliphatic carbocycles. The normalized spacial score (nSPS) is 11.0. The van der Waals surface area contributed by atoms with E-state index in [1.54, 1.807) is 12.1 Å². The van der Waals surface area contributed by atoms with E-state index in [0.717, 1.165) is 24.2 Å². The van der Waals surface area contributed by atoms with Gasteiger partial charge in [0, 0.05) is 11.4 Å². The van der Waals surface area contributed by atoms with Crippen LogP contribution in [-0.2, 0) is 6.54 Å². The Labute approximate surface area is 122 Å². The fourth-order valence-corrected chi connectivity index (χ4v) is 2.41. The van der Waals surface area contributed by atoms with E-state index in [0.29, 0.717) is 16.7 Å². The molecule has 0 unspecified atom stereocenters. The molecular weight excluding hydrogens is 276 g/mol. The van der Waals surface area contributed by atoms with Gasteiger partial charge in [0.2, 0.25) is 0 Å². The molecule has 0 spiro atoms. The van der Waals surface area contributed by atoms with Crippen LogP contribution in [0.25, 0.3) is 11.1 Å². The summed E-state index contributed by atoms with van der Waals surface area (Å²) in [6.07, 6.45) is 0. The molecule has 4 heteroatoms. The van der Waals surface area contributed by atoms with Crippen molar-refractivity contribution >= 4 is 11.8 Å². The van der Waals surface area contributed by atoms with Crippen molar-refractivity contribution in [1.29, 1.82) is 0 Å². The SMILES string of the molecule is CCNCc1ccc(-c2ccc(SC(F)F)cc2)cc1. The van der Waals surface area contributed by atoms with Crippen molar-refractivity contribution < 1.29 is 8.78 Å². The molecule has 106 valence electrons. The number of benzene rings is 2. The zero-order valence-corrected chi connectivity index (χ0v) is 12.1. The highest BCUT2D eigenvalue weighted by atomic mass is 32.2. The number of alkyl halides is 2. The van der Waals surface area contributed by atoms with Crippen molar-refractivity contribution in [2.24, 2.45) is 0 Å². The minimum atomic E-state index is -2.37. The molecule has 0 saturated heterocycles. The predicted molar refractivity (Wildman–Crippen MR) is 81.1 cm³/mol. The molecule has 20 heavy (non-hydrogen) atoms. The number of hydrogen-bond acceptors (Lipinski definition) is 2. The van der Waals surface area contributed by atoms with E-state index >= 15 is 0 Å². The van der Waals surface area contributed by atoms with Crippen LogP contribution in [0, 0.1) is 0 Å². The largest absolute Gasteiger partial charge is 0.313 e. The third-order valence-corrected chi connectivity index (χ3v) is 3.67. The van der Waals surface area contributed by atoms with Crippen LogP contribution in [0.1, 0.15) is 12.5 Å². The van der Waals surface area contributed by atoms with Crippen molar-refractivity contribution in [2.45, 2.75) is 24.1 Å². The molecule has 0 fully saturated rings. The van der Waals surface area contributed by atoms with Crippen LogP contribution in [0.2, 0.25) is 0 Å². The highest BCUT2D eigenvalue weighted by Gasteiger charge is 2.05. The Morgan fingerprint density at radius 1 is 0.950 bits per heavy atom. The van der Waals surface area contributed by atoms with Gasteiger partial charge in [-0.1, -0.05) is 55.1 Å². The van der Waals surface area contributed by atoms with E-state index in [9.17, 15) is 8.78 Å². The first-order valence-corrected chi connectivity index (χ1v) is 7.42. The van der Waals surface area contributed by atoms with Crippen LogP contribution in [0.5, 0.6) is 0 Å². The van der Waals surface area contributed by atoms with E-state index in [4.69, 9.17) is 0 Å². The van der Waals surface area contributed by atoms with Gasteiger partial charge < -0.3 is 5.32 Å². The maximum absolute atomic E-state index is 12.2. The highest BCUT2D eigenvalue weighted by molar-refractivity contribution is 7.99. The minimum Gasteiger partial charge on any atom is -0.313 e. The highest BCUT2D eigenvalue weighted by Crippen LogP contribution is 2.28. The Balaban J connectivity index is 2.07. The second-order valence-corrected chi connectivity index (χ2v) is 5.44. The molecule has 0 bridgehead atoms. The first-order valence-electron chi connectivity index (χ1n) is 6.54. The van der Waals surface area contributed by atoms with Crippen molar-refractivity contribution in [2.75, 3.05) is 6.54 Å². The van der Waals surface area contributed by atoms with Crippen molar-refractivity contribution in [3.8, 4) is 11.1 Å². The summed E-state index contributed by atoms with van der Waals surface area (Å²) in [5.74, 6) is -2.37. The maximum atomic E-state index is 12.2. The third kappa shape index (κ3) is 4.32. The van der Waals surface area contributed by atoms with Gasteiger partial charge >= 0.3 is 0 Å². The molecule has 2 aromatic carbocycles. The lowest BCUT2D eigenvalue weighted by Crippen LogP contribution is -2.11. The predicted octanol–water partition coefficient (Wildman–Crippen LogP) is 4.78. The van der Waals surface area contributed by atoms with Crippen LogP contribution in [0.3, 0.4) is 0 Å². The van der Waals surface area contributed by atoms with Gasteiger partial charge in [0.25, 0.3) is 5.76 Å². The average Bonchev–Trinajstić information content (AvgIpc) is 2.46. The van der Waals surface area contributed by atoms with Crippen molar-refractivity contribution in [3.63, 3.8) is 0 Å². The van der Waals surface area contributed by atoms with E-state index in [1.807, 2.05) is 12.1 Å². The van der Waals surface area contributed by atoms with Gasteiger partial charge in [0.1, 0.15) is 0 Å². The number of thioether (sulfide) groups is 1. The first kappa shape index (κ1) is 15.0. The number of halogens is 2. The summed E-state index contributed by atoms with van der Waals surface area (Å²) in [6.45, 7) is 3.89. The molecule has 0 heterocycles. The van der Waals surface area contributed by atoms with Crippen LogP contribution < -0.4 is 5.32 Å². The Kier molecular flexibility index (Phi) is 5.56. The zero-order valence-electron chi connectivity index (χ0n) is 11.3. The second kappa shape index (κ2) is 7.41. The van der Waals surface area contributed by atoms with Crippen LogP contribution in [0.15, 0.2) is 53.4 Å². The Morgan fingerprint density at radius 2 is 1.50 bits per heavy atom. The molecule has 0 aliphatic rings. The molecule has 1 N–H and O–H groups in total. The standard InChI is InChI=1S/C16H17F2NS/c1-2-19-11-12-3-5-13(6-4-12)14-7-9-15(10-8-14)20-16(17)18/h3-10,16,19H,2,11H2,1H3. The van der Waals surface area contributed by atoms with Crippen LogP contribution in [-0.4, -0.2) is 12.3 Å². The molecule has 0 saturated carbocycles. The Morgan fingerprint density at radius 3 is 2.00 bits per heavy atom. The second-order valence-electron chi connectivity index (χ2n) is 4.38. The van der Waals surface area contributed by atoms with Crippen molar-refractivity contribution in [1.82, 2.24) is 5.32 Å². The minimum absolute atomic E-state index is 0.572. The molecule has 0 radical (unpaired) electrons. The molecule has 0 amide bonds.